The van der Waals surface area contributed by atoms with E-state index in [4.69, 9.17) is 4.74 Å². The first kappa shape index (κ1) is 9.55. The van der Waals surface area contributed by atoms with Crippen molar-refractivity contribution in [3.8, 4) is 0 Å². The van der Waals surface area contributed by atoms with E-state index in [1.54, 1.807) is 0 Å². The van der Waals surface area contributed by atoms with Crippen molar-refractivity contribution in [2.45, 2.75) is 12.5 Å². The molecule has 0 amide bonds. The molecular weight excluding hydrogens is 185 g/mol. The number of aromatic nitrogens is 1. The number of pyridine rings is 1. The van der Waals surface area contributed by atoms with Crippen LogP contribution in [0.25, 0.3) is 0 Å². The minimum atomic E-state index is -0.777. The van der Waals surface area contributed by atoms with Crippen LogP contribution in [0.1, 0.15) is 18.1 Å². The molecule has 2 unspecified atom stereocenters. The molecule has 4 heteroatoms. The van der Waals surface area contributed by atoms with E-state index >= 15 is 0 Å². The molecule has 0 spiro atoms. The Morgan fingerprint density at radius 3 is 3.14 bits per heavy atom. The summed E-state index contributed by atoms with van der Waals surface area (Å²) in [6.45, 7) is 1.15. The number of aliphatic hydroxyl groups is 1. The van der Waals surface area contributed by atoms with Crippen LogP contribution in [0.4, 0.5) is 4.39 Å². The largest absolute Gasteiger partial charge is 0.388 e. The molecule has 0 aromatic carbocycles. The van der Waals surface area contributed by atoms with Crippen molar-refractivity contribution in [1.29, 1.82) is 0 Å². The first-order valence-corrected chi connectivity index (χ1v) is 4.64. The predicted molar refractivity (Wildman–Crippen MR) is 48.1 cm³/mol. The highest BCUT2D eigenvalue weighted by Crippen LogP contribution is 2.29. The van der Waals surface area contributed by atoms with Crippen LogP contribution in [0.5, 0.6) is 0 Å². The zero-order valence-corrected chi connectivity index (χ0v) is 7.69. The third-order valence-electron chi connectivity index (χ3n) is 2.53. The molecule has 0 saturated carbocycles. The Morgan fingerprint density at radius 1 is 1.64 bits per heavy atom. The maximum Gasteiger partial charge on any atom is 0.147 e. The number of halogens is 1. The Balaban J connectivity index is 2.17. The summed E-state index contributed by atoms with van der Waals surface area (Å²) in [7, 11) is 0. The second-order valence-corrected chi connectivity index (χ2v) is 3.47. The van der Waals surface area contributed by atoms with E-state index in [0.29, 0.717) is 18.8 Å². The fraction of sp³-hybridized carbons (Fsp3) is 0.500. The Bertz CT molecular complexity index is 313. The fourth-order valence-corrected chi connectivity index (χ4v) is 1.68. The standard InChI is InChI=1S/C10H12FNO2/c11-9-5-12-3-1-8(9)10(13)7-2-4-14-6-7/h1,3,5,7,10,13H,2,4,6H2. The molecule has 1 aliphatic rings. The van der Waals surface area contributed by atoms with Gasteiger partial charge < -0.3 is 9.84 Å². The van der Waals surface area contributed by atoms with Gasteiger partial charge in [-0.05, 0) is 12.5 Å². The zero-order chi connectivity index (χ0) is 9.97. The topological polar surface area (TPSA) is 42.4 Å². The SMILES string of the molecule is OC(c1ccncc1F)C1CCOC1. The molecule has 0 radical (unpaired) electrons. The van der Waals surface area contributed by atoms with Crippen molar-refractivity contribution in [3.63, 3.8) is 0 Å². The van der Waals surface area contributed by atoms with Gasteiger partial charge in [-0.15, -0.1) is 0 Å². The maximum atomic E-state index is 13.2. The van der Waals surface area contributed by atoms with Gasteiger partial charge in [0.05, 0.1) is 18.9 Å². The van der Waals surface area contributed by atoms with E-state index < -0.39 is 11.9 Å². The van der Waals surface area contributed by atoms with Gasteiger partial charge in [-0.25, -0.2) is 4.39 Å². The highest BCUT2D eigenvalue weighted by Gasteiger charge is 2.26. The lowest BCUT2D eigenvalue weighted by Crippen LogP contribution is -2.13. The molecule has 76 valence electrons. The predicted octanol–water partition coefficient (Wildman–Crippen LogP) is 1.29. The Kier molecular flexibility index (Phi) is 2.74. The van der Waals surface area contributed by atoms with Crippen molar-refractivity contribution in [1.82, 2.24) is 4.98 Å². The maximum absolute atomic E-state index is 13.2. The van der Waals surface area contributed by atoms with Crippen LogP contribution in [-0.4, -0.2) is 23.3 Å². The molecule has 2 rings (SSSR count). The highest BCUT2D eigenvalue weighted by atomic mass is 19.1. The first-order valence-electron chi connectivity index (χ1n) is 4.64. The van der Waals surface area contributed by atoms with E-state index in [-0.39, 0.29) is 5.92 Å². The normalized spacial score (nSPS) is 23.7. The van der Waals surface area contributed by atoms with Crippen molar-refractivity contribution in [2.24, 2.45) is 5.92 Å². The van der Waals surface area contributed by atoms with Gasteiger partial charge in [-0.1, -0.05) is 0 Å². The Morgan fingerprint density at radius 2 is 2.50 bits per heavy atom. The van der Waals surface area contributed by atoms with E-state index in [9.17, 15) is 9.50 Å². The van der Waals surface area contributed by atoms with Crippen molar-refractivity contribution in [2.75, 3.05) is 13.2 Å². The van der Waals surface area contributed by atoms with Crippen LogP contribution in [0.15, 0.2) is 18.5 Å². The summed E-state index contributed by atoms with van der Waals surface area (Å²) >= 11 is 0. The summed E-state index contributed by atoms with van der Waals surface area (Å²) in [4.78, 5) is 3.64. The molecule has 1 saturated heterocycles. The molecule has 2 heterocycles. The molecule has 1 aromatic rings. The summed E-state index contributed by atoms with van der Waals surface area (Å²) in [5.74, 6) is -0.446. The lowest BCUT2D eigenvalue weighted by atomic mass is 9.96. The van der Waals surface area contributed by atoms with Crippen LogP contribution in [0.3, 0.4) is 0 Å². The summed E-state index contributed by atoms with van der Waals surface area (Å²) in [5, 5.41) is 9.85. The summed E-state index contributed by atoms with van der Waals surface area (Å²) in [6, 6.07) is 1.51. The lowest BCUT2D eigenvalue weighted by Gasteiger charge is -2.16. The van der Waals surface area contributed by atoms with Crippen LogP contribution in [-0.2, 0) is 4.74 Å². The molecule has 2 atom stereocenters. The Hall–Kier alpha value is -1.00. The molecule has 14 heavy (non-hydrogen) atoms. The second-order valence-electron chi connectivity index (χ2n) is 3.47. The van der Waals surface area contributed by atoms with E-state index in [1.807, 2.05) is 0 Å². The number of rotatable bonds is 2. The Labute approximate surface area is 81.5 Å². The van der Waals surface area contributed by atoms with Gasteiger partial charge in [0.15, 0.2) is 0 Å². The average Bonchev–Trinajstić information content (AvgIpc) is 2.70. The van der Waals surface area contributed by atoms with Crippen molar-refractivity contribution < 1.29 is 14.2 Å². The number of hydrogen-bond donors (Lipinski definition) is 1. The van der Waals surface area contributed by atoms with Crippen LogP contribution in [0, 0.1) is 11.7 Å². The van der Waals surface area contributed by atoms with Crippen LogP contribution in [0.2, 0.25) is 0 Å². The molecule has 0 aliphatic carbocycles. The van der Waals surface area contributed by atoms with E-state index in [0.717, 1.165) is 12.6 Å². The summed E-state index contributed by atoms with van der Waals surface area (Å²) < 4.78 is 18.4. The number of nitrogens with zero attached hydrogens (tertiary/aromatic N) is 1. The van der Waals surface area contributed by atoms with Gasteiger partial charge in [0.2, 0.25) is 0 Å². The molecule has 0 bridgehead atoms. The highest BCUT2D eigenvalue weighted by molar-refractivity contribution is 5.16. The monoisotopic (exact) mass is 197 g/mol. The molecule has 1 aliphatic heterocycles. The summed E-state index contributed by atoms with van der Waals surface area (Å²) in [6.07, 6.45) is 2.61. The van der Waals surface area contributed by atoms with E-state index in [1.165, 1.54) is 12.3 Å². The number of ether oxygens (including phenoxy) is 1. The third-order valence-corrected chi connectivity index (χ3v) is 2.53. The first-order chi connectivity index (χ1) is 6.79. The molecule has 1 aromatic heterocycles. The second kappa shape index (κ2) is 4.02. The molecule has 1 N–H and O–H groups in total. The zero-order valence-electron chi connectivity index (χ0n) is 7.69. The number of aliphatic hydroxyl groups excluding tert-OH is 1. The molecular formula is C10H12FNO2. The van der Waals surface area contributed by atoms with Gasteiger partial charge in [0.25, 0.3) is 0 Å². The van der Waals surface area contributed by atoms with Gasteiger partial charge in [0.1, 0.15) is 5.82 Å². The van der Waals surface area contributed by atoms with Gasteiger partial charge >= 0.3 is 0 Å². The minimum absolute atomic E-state index is 0.00639. The van der Waals surface area contributed by atoms with Gasteiger partial charge in [-0.3, -0.25) is 4.98 Å². The molecule has 1 fully saturated rings. The van der Waals surface area contributed by atoms with Gasteiger partial charge in [-0.2, -0.15) is 0 Å². The number of hydrogen-bond acceptors (Lipinski definition) is 3. The fourth-order valence-electron chi connectivity index (χ4n) is 1.68. The molecule has 3 nitrogen and oxygen atoms in total. The van der Waals surface area contributed by atoms with E-state index in [2.05, 4.69) is 4.98 Å². The minimum Gasteiger partial charge on any atom is -0.388 e. The van der Waals surface area contributed by atoms with Crippen LogP contribution < -0.4 is 0 Å². The van der Waals surface area contributed by atoms with Gasteiger partial charge in [0, 0.05) is 24.3 Å². The van der Waals surface area contributed by atoms with Crippen molar-refractivity contribution in [3.05, 3.63) is 29.8 Å². The van der Waals surface area contributed by atoms with Crippen molar-refractivity contribution >= 4 is 0 Å². The van der Waals surface area contributed by atoms with Crippen LogP contribution >= 0.6 is 0 Å². The third kappa shape index (κ3) is 1.76. The smallest absolute Gasteiger partial charge is 0.147 e. The average molecular weight is 197 g/mol. The summed E-state index contributed by atoms with van der Waals surface area (Å²) in [5.41, 5.74) is 0.315. The lowest BCUT2D eigenvalue weighted by molar-refractivity contribution is 0.0888. The quantitative estimate of drug-likeness (QED) is 0.776.